The molecule has 3 aromatic rings. The fraction of sp³-hybridized carbons (Fsp3) is 0.176. The van der Waals surface area contributed by atoms with Crippen LogP contribution < -0.4 is 4.74 Å². The topological polar surface area (TPSA) is 52.3 Å². The molecule has 0 saturated heterocycles. The number of fused-ring (bicyclic) bond motifs is 1. The van der Waals surface area contributed by atoms with Gasteiger partial charge in [0.25, 0.3) is 5.22 Å². The van der Waals surface area contributed by atoms with Gasteiger partial charge >= 0.3 is 0 Å². The number of oxazole rings is 1. The van der Waals surface area contributed by atoms with E-state index in [0.29, 0.717) is 10.8 Å². The van der Waals surface area contributed by atoms with Crippen molar-refractivity contribution in [2.24, 2.45) is 0 Å². The first-order valence-corrected chi connectivity index (χ1v) is 7.76. The van der Waals surface area contributed by atoms with Crippen molar-refractivity contribution in [2.45, 2.75) is 17.4 Å². The zero-order valence-corrected chi connectivity index (χ0v) is 13.1. The second-order valence-electron chi connectivity index (χ2n) is 4.80. The van der Waals surface area contributed by atoms with Crippen LogP contribution in [0.5, 0.6) is 5.75 Å². The predicted octanol–water partition coefficient (Wildman–Crippen LogP) is 4.20. The van der Waals surface area contributed by atoms with Crippen LogP contribution in [0.15, 0.2) is 58.2 Å². The Labute approximate surface area is 132 Å². The lowest BCUT2D eigenvalue weighted by molar-refractivity contribution is 0.0993. The number of ether oxygens (including phenoxy) is 1. The standard InChI is InChI=1S/C17H15NO3S/c1-11(16(19)12-7-9-13(20-2)10-8-12)22-17-18-14-5-3-4-6-15(14)21-17/h3-11H,1-2H3/t11-/m1/s1. The first kappa shape index (κ1) is 14.7. The number of thioether (sulfide) groups is 1. The molecule has 0 saturated carbocycles. The summed E-state index contributed by atoms with van der Waals surface area (Å²) in [6.45, 7) is 1.85. The maximum absolute atomic E-state index is 12.4. The Balaban J connectivity index is 1.74. The van der Waals surface area contributed by atoms with Crippen LogP contribution >= 0.6 is 11.8 Å². The zero-order chi connectivity index (χ0) is 15.5. The van der Waals surface area contributed by atoms with E-state index < -0.39 is 0 Å². The number of Topliss-reactive ketones (excluding diaryl/α,β-unsaturated/α-hetero) is 1. The number of aromatic nitrogens is 1. The molecule has 4 nitrogen and oxygen atoms in total. The molecule has 0 N–H and O–H groups in total. The van der Waals surface area contributed by atoms with Gasteiger partial charge in [0.05, 0.1) is 12.4 Å². The van der Waals surface area contributed by atoms with Gasteiger partial charge in [-0.2, -0.15) is 0 Å². The summed E-state index contributed by atoms with van der Waals surface area (Å²) in [7, 11) is 1.60. The van der Waals surface area contributed by atoms with Crippen LogP contribution in [0.4, 0.5) is 0 Å². The predicted molar refractivity (Wildman–Crippen MR) is 86.7 cm³/mol. The van der Waals surface area contributed by atoms with Gasteiger partial charge in [-0.05, 0) is 43.3 Å². The molecule has 0 aliphatic rings. The highest BCUT2D eigenvalue weighted by atomic mass is 32.2. The smallest absolute Gasteiger partial charge is 0.257 e. The van der Waals surface area contributed by atoms with Gasteiger partial charge in [0.2, 0.25) is 0 Å². The molecule has 0 spiro atoms. The maximum Gasteiger partial charge on any atom is 0.257 e. The van der Waals surface area contributed by atoms with Crippen molar-refractivity contribution in [1.29, 1.82) is 0 Å². The summed E-state index contributed by atoms with van der Waals surface area (Å²) in [5.74, 6) is 0.769. The lowest BCUT2D eigenvalue weighted by atomic mass is 10.1. The Kier molecular flexibility index (Phi) is 4.15. The van der Waals surface area contributed by atoms with Crippen molar-refractivity contribution < 1.29 is 13.9 Å². The summed E-state index contributed by atoms with van der Waals surface area (Å²) in [6.07, 6.45) is 0. The van der Waals surface area contributed by atoms with Gasteiger partial charge in [-0.3, -0.25) is 4.79 Å². The van der Waals surface area contributed by atoms with E-state index in [-0.39, 0.29) is 11.0 Å². The van der Waals surface area contributed by atoms with E-state index in [0.717, 1.165) is 16.8 Å². The number of benzene rings is 2. The van der Waals surface area contributed by atoms with E-state index in [2.05, 4.69) is 4.98 Å². The third-order valence-corrected chi connectivity index (χ3v) is 4.24. The molecule has 2 aromatic carbocycles. The maximum atomic E-state index is 12.4. The van der Waals surface area contributed by atoms with E-state index in [1.54, 1.807) is 31.4 Å². The summed E-state index contributed by atoms with van der Waals surface area (Å²) in [5, 5.41) is 0.233. The molecule has 0 amide bonds. The molecule has 5 heteroatoms. The summed E-state index contributed by atoms with van der Waals surface area (Å²) in [5.41, 5.74) is 2.18. The molecule has 3 rings (SSSR count). The van der Waals surface area contributed by atoms with Gasteiger partial charge in [-0.1, -0.05) is 23.9 Å². The number of carbonyl (C=O) groups is 1. The minimum Gasteiger partial charge on any atom is -0.497 e. The van der Waals surface area contributed by atoms with Crippen LogP contribution in [0.2, 0.25) is 0 Å². The highest BCUT2D eigenvalue weighted by molar-refractivity contribution is 8.00. The fourth-order valence-electron chi connectivity index (χ4n) is 2.10. The van der Waals surface area contributed by atoms with E-state index in [9.17, 15) is 4.79 Å². The van der Waals surface area contributed by atoms with E-state index in [1.807, 2.05) is 31.2 Å². The molecule has 0 aliphatic heterocycles. The van der Waals surface area contributed by atoms with Gasteiger partial charge in [0, 0.05) is 5.56 Å². The van der Waals surface area contributed by atoms with Crippen LogP contribution in [0.25, 0.3) is 11.1 Å². The van der Waals surface area contributed by atoms with Gasteiger partial charge in [-0.25, -0.2) is 4.98 Å². The van der Waals surface area contributed by atoms with Crippen molar-refractivity contribution >= 4 is 28.6 Å². The van der Waals surface area contributed by atoms with E-state index in [1.165, 1.54) is 11.8 Å². The summed E-state index contributed by atoms with van der Waals surface area (Å²) >= 11 is 1.32. The van der Waals surface area contributed by atoms with Crippen LogP contribution in [-0.4, -0.2) is 23.1 Å². The largest absolute Gasteiger partial charge is 0.497 e. The minimum atomic E-state index is -0.276. The quantitative estimate of drug-likeness (QED) is 0.522. The molecule has 1 aromatic heterocycles. The van der Waals surface area contributed by atoms with Crippen LogP contribution in [0, 0.1) is 0 Å². The lowest BCUT2D eigenvalue weighted by Crippen LogP contribution is -2.13. The molecule has 1 heterocycles. The van der Waals surface area contributed by atoms with Gasteiger partial charge in [0.1, 0.15) is 11.3 Å². The first-order chi connectivity index (χ1) is 10.7. The van der Waals surface area contributed by atoms with E-state index >= 15 is 0 Å². The van der Waals surface area contributed by atoms with Gasteiger partial charge in [-0.15, -0.1) is 0 Å². The van der Waals surface area contributed by atoms with Crippen molar-refractivity contribution in [3.8, 4) is 5.75 Å². The molecule has 112 valence electrons. The highest BCUT2D eigenvalue weighted by Gasteiger charge is 2.19. The zero-order valence-electron chi connectivity index (χ0n) is 12.3. The molecular formula is C17H15NO3S. The second-order valence-corrected chi connectivity index (χ2v) is 6.09. The summed E-state index contributed by atoms with van der Waals surface area (Å²) in [6, 6.07) is 14.7. The van der Waals surface area contributed by atoms with E-state index in [4.69, 9.17) is 9.15 Å². The lowest BCUT2D eigenvalue weighted by Gasteiger charge is -2.08. The van der Waals surface area contributed by atoms with Crippen molar-refractivity contribution in [2.75, 3.05) is 7.11 Å². The minimum absolute atomic E-state index is 0.0370. The number of hydrogen-bond acceptors (Lipinski definition) is 5. The molecule has 0 fully saturated rings. The molecule has 0 bridgehead atoms. The number of para-hydroxylation sites is 2. The van der Waals surface area contributed by atoms with Crippen molar-refractivity contribution in [1.82, 2.24) is 4.98 Å². The second kappa shape index (κ2) is 6.23. The normalized spacial score (nSPS) is 12.3. The third-order valence-electron chi connectivity index (χ3n) is 3.30. The number of methoxy groups -OCH3 is 1. The van der Waals surface area contributed by atoms with Crippen molar-refractivity contribution in [3.05, 3.63) is 54.1 Å². The first-order valence-electron chi connectivity index (χ1n) is 6.88. The number of carbonyl (C=O) groups excluding carboxylic acids is 1. The van der Waals surface area contributed by atoms with Gasteiger partial charge in [0.15, 0.2) is 11.4 Å². The molecular weight excluding hydrogens is 298 g/mol. The Hall–Kier alpha value is -2.27. The molecule has 22 heavy (non-hydrogen) atoms. The average molecular weight is 313 g/mol. The summed E-state index contributed by atoms with van der Waals surface area (Å²) < 4.78 is 10.7. The Morgan fingerprint density at radius 2 is 1.91 bits per heavy atom. The molecule has 0 aliphatic carbocycles. The number of rotatable bonds is 5. The Bertz CT molecular complexity index is 762. The number of nitrogens with zero attached hydrogens (tertiary/aromatic N) is 1. The van der Waals surface area contributed by atoms with Gasteiger partial charge < -0.3 is 9.15 Å². The average Bonchev–Trinajstić information content (AvgIpc) is 2.96. The fourth-order valence-corrected chi connectivity index (χ4v) is 2.93. The molecule has 0 unspecified atom stereocenters. The Morgan fingerprint density at radius 1 is 1.18 bits per heavy atom. The van der Waals surface area contributed by atoms with Crippen LogP contribution in [-0.2, 0) is 0 Å². The third kappa shape index (κ3) is 2.99. The summed E-state index contributed by atoms with van der Waals surface area (Å²) in [4.78, 5) is 16.8. The SMILES string of the molecule is COc1ccc(C(=O)[C@@H](C)Sc2nc3ccccc3o2)cc1. The van der Waals surface area contributed by atoms with Crippen LogP contribution in [0.1, 0.15) is 17.3 Å². The van der Waals surface area contributed by atoms with Crippen molar-refractivity contribution in [3.63, 3.8) is 0 Å². The number of hydrogen-bond donors (Lipinski definition) is 0. The monoisotopic (exact) mass is 313 g/mol. The highest BCUT2D eigenvalue weighted by Crippen LogP contribution is 2.28. The number of ketones is 1. The van der Waals surface area contributed by atoms with Crippen LogP contribution in [0.3, 0.4) is 0 Å². The molecule has 1 atom stereocenters. The Morgan fingerprint density at radius 3 is 2.59 bits per heavy atom. The molecule has 0 radical (unpaired) electrons.